The predicted molar refractivity (Wildman–Crippen MR) is 164 cm³/mol. The zero-order valence-corrected chi connectivity index (χ0v) is 25.1. The predicted octanol–water partition coefficient (Wildman–Crippen LogP) is 8.51. The highest BCUT2D eigenvalue weighted by Crippen LogP contribution is 2.44. The number of rotatable bonds is 10. The Labute approximate surface area is 248 Å². The van der Waals surface area contributed by atoms with Crippen molar-refractivity contribution in [2.75, 3.05) is 32.7 Å². The van der Waals surface area contributed by atoms with Crippen molar-refractivity contribution < 1.29 is 4.74 Å². The zero-order chi connectivity index (χ0) is 26.7. The standard InChI is InChI=1S/C33H40Cl2N2OS/c34-30-8-7-27(32(35)17-30)19-37-21-29(31(22-37)28-11-16-39-24-28)20-36-14-9-25(10-15-36)18-33(12-4-13-33)38-23-26-5-2-1-3-6-26/h1-3,5-8,11,16-17,24-25,29,31H,4,9-10,12-15,18-23H2. The average Bonchev–Trinajstić information content (AvgIpc) is 3.59. The normalized spacial score (nSPS) is 24.2. The van der Waals surface area contributed by atoms with Crippen molar-refractivity contribution >= 4 is 34.5 Å². The molecule has 6 heteroatoms. The highest BCUT2D eigenvalue weighted by atomic mass is 35.5. The Morgan fingerprint density at radius 2 is 1.77 bits per heavy atom. The lowest BCUT2D eigenvalue weighted by Crippen LogP contribution is -2.45. The molecule has 39 heavy (non-hydrogen) atoms. The largest absolute Gasteiger partial charge is 0.370 e. The summed E-state index contributed by atoms with van der Waals surface area (Å²) in [6, 6.07) is 18.9. The van der Waals surface area contributed by atoms with Crippen LogP contribution in [0.2, 0.25) is 10.0 Å². The first-order valence-corrected chi connectivity index (χ1v) is 16.3. The molecule has 0 N–H and O–H groups in total. The first-order valence-electron chi connectivity index (χ1n) is 14.6. The summed E-state index contributed by atoms with van der Waals surface area (Å²) in [7, 11) is 0. The molecule has 2 unspecified atom stereocenters. The Balaban J connectivity index is 1.03. The fourth-order valence-electron chi connectivity index (χ4n) is 7.05. The summed E-state index contributed by atoms with van der Waals surface area (Å²) >= 11 is 14.5. The van der Waals surface area contributed by atoms with Crippen LogP contribution in [0.5, 0.6) is 0 Å². The van der Waals surface area contributed by atoms with Crippen LogP contribution in [0.15, 0.2) is 65.4 Å². The number of nitrogens with zero attached hydrogens (tertiary/aromatic N) is 2. The molecule has 2 aromatic carbocycles. The fraction of sp³-hybridized carbons (Fsp3) is 0.515. The molecule has 3 heterocycles. The third-order valence-corrected chi connectivity index (χ3v) is 10.7. The number of piperidine rings is 1. The van der Waals surface area contributed by atoms with Crippen LogP contribution in [0.4, 0.5) is 0 Å². The first kappa shape index (κ1) is 27.8. The number of hydrogen-bond acceptors (Lipinski definition) is 4. The van der Waals surface area contributed by atoms with Crippen molar-refractivity contribution in [3.63, 3.8) is 0 Å². The summed E-state index contributed by atoms with van der Waals surface area (Å²) in [4.78, 5) is 5.34. The third kappa shape index (κ3) is 6.92. The summed E-state index contributed by atoms with van der Waals surface area (Å²) < 4.78 is 6.58. The minimum Gasteiger partial charge on any atom is -0.370 e. The van der Waals surface area contributed by atoms with Gasteiger partial charge in [-0.1, -0.05) is 59.6 Å². The quantitative estimate of drug-likeness (QED) is 0.238. The summed E-state index contributed by atoms with van der Waals surface area (Å²) in [6.45, 7) is 7.48. The monoisotopic (exact) mass is 582 g/mol. The number of ether oxygens (including phenoxy) is 1. The van der Waals surface area contributed by atoms with Crippen LogP contribution < -0.4 is 0 Å². The van der Waals surface area contributed by atoms with Gasteiger partial charge < -0.3 is 9.64 Å². The highest BCUT2D eigenvalue weighted by Gasteiger charge is 2.41. The number of benzene rings is 2. The maximum absolute atomic E-state index is 6.58. The number of thiophene rings is 1. The van der Waals surface area contributed by atoms with Crippen LogP contribution in [0.25, 0.3) is 0 Å². The number of hydrogen-bond donors (Lipinski definition) is 0. The van der Waals surface area contributed by atoms with E-state index in [0.717, 1.165) is 37.2 Å². The van der Waals surface area contributed by atoms with Gasteiger partial charge in [0.05, 0.1) is 12.2 Å². The van der Waals surface area contributed by atoms with E-state index in [4.69, 9.17) is 27.9 Å². The van der Waals surface area contributed by atoms with E-state index >= 15 is 0 Å². The van der Waals surface area contributed by atoms with Gasteiger partial charge in [-0.3, -0.25) is 4.90 Å². The molecule has 6 rings (SSSR count). The average molecular weight is 584 g/mol. The molecule has 0 spiro atoms. The lowest BCUT2D eigenvalue weighted by atomic mass is 9.72. The lowest BCUT2D eigenvalue weighted by molar-refractivity contribution is -0.126. The van der Waals surface area contributed by atoms with Crippen molar-refractivity contribution in [3.8, 4) is 0 Å². The zero-order valence-electron chi connectivity index (χ0n) is 22.7. The van der Waals surface area contributed by atoms with E-state index < -0.39 is 0 Å². The molecule has 2 saturated heterocycles. The Kier molecular flexibility index (Phi) is 8.99. The molecule has 1 aliphatic carbocycles. The minimum atomic E-state index is 0.127. The van der Waals surface area contributed by atoms with Gasteiger partial charge in [0.1, 0.15) is 0 Å². The molecule has 3 aliphatic rings. The van der Waals surface area contributed by atoms with Gasteiger partial charge in [-0.15, -0.1) is 0 Å². The van der Waals surface area contributed by atoms with Gasteiger partial charge in [0.25, 0.3) is 0 Å². The van der Waals surface area contributed by atoms with Crippen molar-refractivity contribution in [1.82, 2.24) is 9.80 Å². The molecule has 0 bridgehead atoms. The van der Waals surface area contributed by atoms with Gasteiger partial charge in [0, 0.05) is 42.1 Å². The molecular formula is C33H40Cl2N2OS. The Hall–Kier alpha value is -1.40. The second kappa shape index (κ2) is 12.6. The smallest absolute Gasteiger partial charge is 0.0724 e. The van der Waals surface area contributed by atoms with Crippen LogP contribution in [0.3, 0.4) is 0 Å². The van der Waals surface area contributed by atoms with Crippen molar-refractivity contribution in [3.05, 3.63) is 92.1 Å². The van der Waals surface area contributed by atoms with E-state index in [0.29, 0.717) is 16.9 Å². The number of likely N-dealkylation sites (tertiary alicyclic amines) is 2. The molecule has 3 nitrogen and oxygen atoms in total. The summed E-state index contributed by atoms with van der Waals surface area (Å²) in [6.07, 6.45) is 7.63. The molecule has 2 atom stereocenters. The van der Waals surface area contributed by atoms with E-state index in [2.05, 4.69) is 63.0 Å². The Morgan fingerprint density at radius 1 is 0.949 bits per heavy atom. The highest BCUT2D eigenvalue weighted by molar-refractivity contribution is 7.08. The summed E-state index contributed by atoms with van der Waals surface area (Å²) in [5, 5.41) is 6.06. The molecule has 208 valence electrons. The summed E-state index contributed by atoms with van der Waals surface area (Å²) in [5.41, 5.74) is 4.10. The van der Waals surface area contributed by atoms with Crippen molar-refractivity contribution in [2.45, 2.75) is 63.2 Å². The molecule has 1 aromatic heterocycles. The van der Waals surface area contributed by atoms with Gasteiger partial charge in [-0.2, -0.15) is 11.3 Å². The third-order valence-electron chi connectivity index (χ3n) is 9.41. The molecular weight excluding hydrogens is 543 g/mol. The molecule has 3 aromatic rings. The van der Waals surface area contributed by atoms with Gasteiger partial charge >= 0.3 is 0 Å². The fourth-order valence-corrected chi connectivity index (χ4v) is 8.24. The molecule has 3 fully saturated rings. The van der Waals surface area contributed by atoms with Crippen LogP contribution in [-0.4, -0.2) is 48.1 Å². The maximum Gasteiger partial charge on any atom is 0.0724 e. The molecule has 0 amide bonds. The molecule has 0 radical (unpaired) electrons. The second-order valence-electron chi connectivity index (χ2n) is 12.1. The van der Waals surface area contributed by atoms with Crippen molar-refractivity contribution in [1.29, 1.82) is 0 Å². The van der Waals surface area contributed by atoms with Crippen LogP contribution >= 0.6 is 34.5 Å². The summed E-state index contributed by atoms with van der Waals surface area (Å²) in [5.74, 6) is 2.02. The maximum atomic E-state index is 6.58. The van der Waals surface area contributed by atoms with E-state index in [9.17, 15) is 0 Å². The van der Waals surface area contributed by atoms with E-state index in [1.165, 1.54) is 74.8 Å². The molecule has 1 saturated carbocycles. The first-order chi connectivity index (χ1) is 19.1. The molecule has 2 aliphatic heterocycles. The van der Waals surface area contributed by atoms with Gasteiger partial charge in [-0.05, 0) is 109 Å². The minimum absolute atomic E-state index is 0.127. The van der Waals surface area contributed by atoms with Crippen LogP contribution in [0.1, 0.15) is 61.1 Å². The SMILES string of the molecule is Clc1ccc(CN2CC(CN3CCC(CC4(OCc5ccccc5)CCC4)CC3)C(c3ccsc3)C2)c(Cl)c1. The van der Waals surface area contributed by atoms with Gasteiger partial charge in [0.2, 0.25) is 0 Å². The van der Waals surface area contributed by atoms with Crippen LogP contribution in [0, 0.1) is 11.8 Å². The van der Waals surface area contributed by atoms with Crippen molar-refractivity contribution in [2.24, 2.45) is 11.8 Å². The second-order valence-corrected chi connectivity index (χ2v) is 13.7. The topological polar surface area (TPSA) is 15.7 Å². The van der Waals surface area contributed by atoms with E-state index in [1.54, 1.807) is 0 Å². The van der Waals surface area contributed by atoms with E-state index in [1.807, 2.05) is 23.5 Å². The lowest BCUT2D eigenvalue weighted by Gasteiger charge is -2.45. The number of halogens is 2. The van der Waals surface area contributed by atoms with E-state index in [-0.39, 0.29) is 5.60 Å². The van der Waals surface area contributed by atoms with Crippen LogP contribution in [-0.2, 0) is 17.9 Å². The Bertz CT molecular complexity index is 1190. The van der Waals surface area contributed by atoms with Gasteiger partial charge in [-0.25, -0.2) is 0 Å². The van der Waals surface area contributed by atoms with Gasteiger partial charge in [0.15, 0.2) is 0 Å². The Morgan fingerprint density at radius 3 is 2.46 bits per heavy atom.